The topological polar surface area (TPSA) is 24.4 Å². The molecule has 0 atom stereocenters. The third-order valence-electron chi connectivity index (χ3n) is 1.72. The van der Waals surface area contributed by atoms with Gasteiger partial charge in [0.2, 0.25) is 0 Å². The Hall–Kier alpha value is -1.45. The summed E-state index contributed by atoms with van der Waals surface area (Å²) < 4.78 is 25.3. The number of benzene rings is 1. The molecule has 0 saturated carbocycles. The average Bonchev–Trinajstić information content (AvgIpc) is 2.07. The van der Waals surface area contributed by atoms with Crippen molar-refractivity contribution in [2.75, 3.05) is 5.32 Å². The lowest BCUT2D eigenvalue weighted by Crippen LogP contribution is -2.06. The summed E-state index contributed by atoms with van der Waals surface area (Å²) in [5.41, 5.74) is 1.26. The summed E-state index contributed by atoms with van der Waals surface area (Å²) >= 11 is 0. The minimum atomic E-state index is -0.837. The van der Waals surface area contributed by atoms with Crippen LogP contribution in [0.5, 0.6) is 0 Å². The van der Waals surface area contributed by atoms with Gasteiger partial charge in [-0.05, 0) is 6.07 Å². The van der Waals surface area contributed by atoms with E-state index in [9.17, 15) is 8.78 Å². The highest BCUT2D eigenvalue weighted by atomic mass is 19.2. The van der Waals surface area contributed by atoms with Crippen molar-refractivity contribution in [1.82, 2.24) is 0 Å². The van der Waals surface area contributed by atoms with E-state index in [1.807, 2.05) is 0 Å². The van der Waals surface area contributed by atoms with Crippen molar-refractivity contribution < 1.29 is 8.78 Å². The van der Waals surface area contributed by atoms with Crippen LogP contribution in [0.15, 0.2) is 17.1 Å². The molecule has 62 valence electrons. The number of nitrogens with one attached hydrogen (secondary N) is 1. The Balaban J connectivity index is 2.53. The van der Waals surface area contributed by atoms with Crippen LogP contribution in [0.2, 0.25) is 0 Å². The van der Waals surface area contributed by atoms with E-state index in [0.29, 0.717) is 17.8 Å². The number of rotatable bonds is 0. The van der Waals surface area contributed by atoms with Crippen LogP contribution in [0.3, 0.4) is 0 Å². The maximum absolute atomic E-state index is 12.7. The molecule has 2 nitrogen and oxygen atoms in total. The van der Waals surface area contributed by atoms with Gasteiger partial charge in [0.05, 0.1) is 12.9 Å². The smallest absolute Gasteiger partial charge is 0.160 e. The molecule has 2 rings (SSSR count). The molecule has 0 aromatic heterocycles. The van der Waals surface area contributed by atoms with Crippen molar-refractivity contribution in [3.8, 4) is 0 Å². The highest BCUT2D eigenvalue weighted by molar-refractivity contribution is 5.79. The van der Waals surface area contributed by atoms with Crippen LogP contribution in [0.25, 0.3) is 0 Å². The summed E-state index contributed by atoms with van der Waals surface area (Å²) in [6.07, 6.45) is 1.47. The highest BCUT2D eigenvalue weighted by Gasteiger charge is 2.10. The van der Waals surface area contributed by atoms with Crippen LogP contribution < -0.4 is 5.32 Å². The number of nitrogens with zero attached hydrogens (tertiary/aromatic N) is 1. The van der Waals surface area contributed by atoms with E-state index in [2.05, 4.69) is 10.3 Å². The number of hydrogen-bond acceptors (Lipinski definition) is 2. The number of halogens is 2. The molecule has 0 aliphatic carbocycles. The Kier molecular flexibility index (Phi) is 1.53. The van der Waals surface area contributed by atoms with E-state index in [1.54, 1.807) is 0 Å². The van der Waals surface area contributed by atoms with Gasteiger partial charge in [-0.15, -0.1) is 0 Å². The third kappa shape index (κ3) is 1.05. The first-order chi connectivity index (χ1) is 5.77. The summed E-state index contributed by atoms with van der Waals surface area (Å²) in [5.74, 6) is -1.66. The lowest BCUT2D eigenvalue weighted by molar-refractivity contribution is 0.507. The van der Waals surface area contributed by atoms with Crippen LogP contribution in [-0.4, -0.2) is 6.34 Å². The minimum Gasteiger partial charge on any atom is -0.346 e. The van der Waals surface area contributed by atoms with Crippen LogP contribution in [0.1, 0.15) is 5.56 Å². The molecule has 1 aromatic rings. The first kappa shape index (κ1) is 7.21. The Labute approximate surface area is 67.9 Å². The molecular formula is C8H6F2N2. The molecule has 1 aliphatic heterocycles. The predicted octanol–water partition coefficient (Wildman–Crippen LogP) is 1.92. The first-order valence-corrected chi connectivity index (χ1v) is 3.50. The minimum absolute atomic E-state index is 0.402. The zero-order chi connectivity index (χ0) is 8.55. The standard InChI is InChI=1S/C8H6F2N2/c9-6-1-5-3-11-4-12-8(5)2-7(6)10/h1-2,4H,3H2,(H,11,12). The van der Waals surface area contributed by atoms with Gasteiger partial charge in [0, 0.05) is 17.3 Å². The first-order valence-electron chi connectivity index (χ1n) is 3.50. The van der Waals surface area contributed by atoms with Gasteiger partial charge in [-0.1, -0.05) is 0 Å². The SMILES string of the molecule is Fc1cc2c(cc1F)NC=NC2. The molecule has 0 radical (unpaired) electrons. The van der Waals surface area contributed by atoms with Gasteiger partial charge in [0.15, 0.2) is 11.6 Å². The zero-order valence-electron chi connectivity index (χ0n) is 6.14. The second kappa shape index (κ2) is 2.55. The normalized spacial score (nSPS) is 13.8. The molecule has 1 aromatic carbocycles. The van der Waals surface area contributed by atoms with E-state index < -0.39 is 11.6 Å². The molecule has 1 heterocycles. The van der Waals surface area contributed by atoms with E-state index in [-0.39, 0.29) is 0 Å². The average molecular weight is 168 g/mol. The van der Waals surface area contributed by atoms with Gasteiger partial charge in [-0.2, -0.15) is 0 Å². The Bertz CT molecular complexity index is 314. The van der Waals surface area contributed by atoms with Crippen molar-refractivity contribution >= 4 is 12.0 Å². The summed E-state index contributed by atoms with van der Waals surface area (Å²) in [6.45, 7) is 0.402. The molecule has 1 N–H and O–H groups in total. The van der Waals surface area contributed by atoms with E-state index >= 15 is 0 Å². The molecule has 0 spiro atoms. The monoisotopic (exact) mass is 168 g/mol. The maximum atomic E-state index is 12.7. The quantitative estimate of drug-likeness (QED) is 0.628. The third-order valence-corrected chi connectivity index (χ3v) is 1.72. The lowest BCUT2D eigenvalue weighted by atomic mass is 10.1. The van der Waals surface area contributed by atoms with E-state index in [0.717, 1.165) is 12.1 Å². The Morgan fingerprint density at radius 3 is 2.83 bits per heavy atom. The van der Waals surface area contributed by atoms with Crippen molar-refractivity contribution in [2.24, 2.45) is 4.99 Å². The molecular weight excluding hydrogens is 162 g/mol. The number of hydrogen-bond donors (Lipinski definition) is 1. The summed E-state index contributed by atoms with van der Waals surface area (Å²) in [6, 6.07) is 2.30. The van der Waals surface area contributed by atoms with Crippen molar-refractivity contribution in [3.63, 3.8) is 0 Å². The summed E-state index contributed by atoms with van der Waals surface area (Å²) in [4.78, 5) is 3.86. The van der Waals surface area contributed by atoms with Crippen LogP contribution in [0.4, 0.5) is 14.5 Å². The zero-order valence-corrected chi connectivity index (χ0v) is 6.14. The van der Waals surface area contributed by atoms with Crippen molar-refractivity contribution in [2.45, 2.75) is 6.54 Å². The van der Waals surface area contributed by atoms with Gasteiger partial charge in [-0.25, -0.2) is 8.78 Å². The largest absolute Gasteiger partial charge is 0.346 e. The Morgan fingerprint density at radius 2 is 2.00 bits per heavy atom. The van der Waals surface area contributed by atoms with Crippen LogP contribution in [-0.2, 0) is 6.54 Å². The van der Waals surface area contributed by atoms with E-state index in [4.69, 9.17) is 0 Å². The second-order valence-electron chi connectivity index (χ2n) is 2.54. The number of aliphatic imine (C=N–C) groups is 1. The van der Waals surface area contributed by atoms with Gasteiger partial charge in [0.1, 0.15) is 0 Å². The maximum Gasteiger partial charge on any atom is 0.160 e. The molecule has 1 aliphatic rings. The summed E-state index contributed by atoms with van der Waals surface area (Å²) in [5, 5.41) is 2.73. The van der Waals surface area contributed by atoms with Gasteiger partial charge >= 0.3 is 0 Å². The molecule has 0 fully saturated rings. The molecule has 0 unspecified atom stereocenters. The number of fused-ring (bicyclic) bond motifs is 1. The highest BCUT2D eigenvalue weighted by Crippen LogP contribution is 2.22. The molecule has 4 heteroatoms. The Morgan fingerprint density at radius 1 is 1.25 bits per heavy atom. The van der Waals surface area contributed by atoms with Gasteiger partial charge < -0.3 is 5.32 Å². The van der Waals surface area contributed by atoms with Gasteiger partial charge in [0.25, 0.3) is 0 Å². The molecule has 0 amide bonds. The predicted molar refractivity (Wildman–Crippen MR) is 42.2 cm³/mol. The van der Waals surface area contributed by atoms with Crippen LogP contribution in [0, 0.1) is 11.6 Å². The summed E-state index contributed by atoms with van der Waals surface area (Å²) in [7, 11) is 0. The lowest BCUT2D eigenvalue weighted by Gasteiger charge is -2.11. The van der Waals surface area contributed by atoms with Crippen molar-refractivity contribution in [1.29, 1.82) is 0 Å². The second-order valence-corrected chi connectivity index (χ2v) is 2.54. The fraction of sp³-hybridized carbons (Fsp3) is 0.125. The van der Waals surface area contributed by atoms with Crippen molar-refractivity contribution in [3.05, 3.63) is 29.3 Å². The fourth-order valence-electron chi connectivity index (χ4n) is 1.11. The van der Waals surface area contributed by atoms with E-state index in [1.165, 1.54) is 6.34 Å². The molecule has 12 heavy (non-hydrogen) atoms. The molecule has 0 saturated heterocycles. The molecule has 0 bridgehead atoms. The van der Waals surface area contributed by atoms with Gasteiger partial charge in [-0.3, -0.25) is 4.99 Å². The van der Waals surface area contributed by atoms with Crippen LogP contribution >= 0.6 is 0 Å². The fourth-order valence-corrected chi connectivity index (χ4v) is 1.11. The number of anilines is 1.